The first-order valence-electron chi connectivity index (χ1n) is 6.68. The molecule has 3 nitrogen and oxygen atoms in total. The van der Waals surface area contributed by atoms with Gasteiger partial charge in [-0.25, -0.2) is 0 Å². The van der Waals surface area contributed by atoms with Crippen LogP contribution >= 0.6 is 15.9 Å². The molecule has 1 aromatic rings. The van der Waals surface area contributed by atoms with E-state index in [1.165, 1.54) is 11.3 Å². The van der Waals surface area contributed by atoms with Crippen LogP contribution in [0.2, 0.25) is 0 Å². The molecular formula is C16H16BrNO2. The number of methoxy groups -OCH3 is 1. The second-order valence-corrected chi connectivity index (χ2v) is 5.79. The molecule has 2 atom stereocenters. The zero-order chi connectivity index (χ0) is 14.3. The SMILES string of the molecule is CCN1c2ccccc2C2C(Br)=C(C=O)C=C(OC)C21. The van der Waals surface area contributed by atoms with Crippen molar-refractivity contribution in [3.05, 3.63) is 51.7 Å². The highest BCUT2D eigenvalue weighted by Crippen LogP contribution is 2.51. The summed E-state index contributed by atoms with van der Waals surface area (Å²) in [5, 5.41) is 0. The predicted octanol–water partition coefficient (Wildman–Crippen LogP) is 3.37. The third-order valence-electron chi connectivity index (χ3n) is 4.07. The van der Waals surface area contributed by atoms with Gasteiger partial charge in [0.2, 0.25) is 0 Å². The van der Waals surface area contributed by atoms with E-state index in [2.05, 4.69) is 39.9 Å². The number of carbonyl (C=O) groups excluding carboxylic acids is 1. The fourth-order valence-corrected chi connectivity index (χ4v) is 3.93. The minimum atomic E-state index is 0.125. The Morgan fingerprint density at radius 1 is 1.40 bits per heavy atom. The Balaban J connectivity index is 2.22. The Morgan fingerprint density at radius 3 is 2.80 bits per heavy atom. The van der Waals surface area contributed by atoms with Crippen molar-refractivity contribution in [3.63, 3.8) is 0 Å². The van der Waals surface area contributed by atoms with E-state index in [-0.39, 0.29) is 12.0 Å². The Morgan fingerprint density at radius 2 is 2.15 bits per heavy atom. The molecule has 0 spiro atoms. The fourth-order valence-electron chi connectivity index (χ4n) is 3.23. The van der Waals surface area contributed by atoms with E-state index in [1.54, 1.807) is 7.11 Å². The lowest BCUT2D eigenvalue weighted by atomic mass is 9.87. The van der Waals surface area contributed by atoms with Crippen LogP contribution in [0.5, 0.6) is 0 Å². The minimum Gasteiger partial charge on any atom is -0.499 e. The molecule has 0 radical (unpaired) electrons. The van der Waals surface area contributed by atoms with Crippen LogP contribution < -0.4 is 4.90 Å². The summed E-state index contributed by atoms with van der Waals surface area (Å²) >= 11 is 3.63. The smallest absolute Gasteiger partial charge is 0.151 e. The summed E-state index contributed by atoms with van der Waals surface area (Å²) in [4.78, 5) is 13.6. The second kappa shape index (κ2) is 5.09. The van der Waals surface area contributed by atoms with Gasteiger partial charge in [0.1, 0.15) is 5.76 Å². The molecule has 2 unspecified atom stereocenters. The van der Waals surface area contributed by atoms with E-state index in [0.717, 1.165) is 23.1 Å². The number of likely N-dealkylation sites (N-methyl/N-ethyl adjacent to an activating group) is 1. The molecule has 1 aliphatic heterocycles. The highest BCUT2D eigenvalue weighted by atomic mass is 79.9. The van der Waals surface area contributed by atoms with Crippen molar-refractivity contribution < 1.29 is 9.53 Å². The Kier molecular flexibility index (Phi) is 3.42. The minimum absolute atomic E-state index is 0.125. The average molecular weight is 334 g/mol. The standard InChI is InChI=1S/C16H16BrNO2/c1-3-18-12-7-5-4-6-11(12)14-15(17)10(9-19)8-13(20-2)16(14)18/h4-9,14,16H,3H2,1-2H3. The molecule has 20 heavy (non-hydrogen) atoms. The van der Waals surface area contributed by atoms with Gasteiger partial charge >= 0.3 is 0 Å². The zero-order valence-corrected chi connectivity index (χ0v) is 13.1. The lowest BCUT2D eigenvalue weighted by Crippen LogP contribution is -2.38. The number of rotatable bonds is 3. The van der Waals surface area contributed by atoms with Gasteiger partial charge in [0.25, 0.3) is 0 Å². The van der Waals surface area contributed by atoms with Crippen LogP contribution in [0.1, 0.15) is 18.4 Å². The van der Waals surface area contributed by atoms with Crippen LogP contribution in [-0.2, 0) is 9.53 Å². The molecule has 0 fully saturated rings. The van der Waals surface area contributed by atoms with Crippen LogP contribution in [0, 0.1) is 0 Å². The zero-order valence-electron chi connectivity index (χ0n) is 11.5. The first-order chi connectivity index (χ1) is 9.72. The first kappa shape index (κ1) is 13.4. The molecule has 0 amide bonds. The number of halogens is 1. The highest BCUT2D eigenvalue weighted by molar-refractivity contribution is 9.11. The fraction of sp³-hybridized carbons (Fsp3) is 0.312. The number of benzene rings is 1. The summed E-state index contributed by atoms with van der Waals surface area (Å²) < 4.78 is 6.50. The third kappa shape index (κ3) is 1.74. The molecule has 0 bridgehead atoms. The van der Waals surface area contributed by atoms with Crippen molar-refractivity contribution in [2.45, 2.75) is 18.9 Å². The van der Waals surface area contributed by atoms with Crippen molar-refractivity contribution in [1.82, 2.24) is 0 Å². The van der Waals surface area contributed by atoms with E-state index in [4.69, 9.17) is 4.74 Å². The van der Waals surface area contributed by atoms with Crippen LogP contribution in [0.15, 0.2) is 46.2 Å². The number of ether oxygens (including phenoxy) is 1. The van der Waals surface area contributed by atoms with E-state index < -0.39 is 0 Å². The molecule has 3 rings (SSSR count). The molecule has 1 heterocycles. The number of anilines is 1. The monoisotopic (exact) mass is 333 g/mol. The van der Waals surface area contributed by atoms with Gasteiger partial charge in [-0.3, -0.25) is 4.79 Å². The number of nitrogens with zero attached hydrogens (tertiary/aromatic N) is 1. The van der Waals surface area contributed by atoms with Crippen molar-refractivity contribution in [3.8, 4) is 0 Å². The van der Waals surface area contributed by atoms with E-state index in [9.17, 15) is 4.79 Å². The number of hydrogen-bond donors (Lipinski definition) is 0. The summed E-state index contributed by atoms with van der Waals surface area (Å²) in [5.41, 5.74) is 3.13. The Bertz CT molecular complexity index is 621. The van der Waals surface area contributed by atoms with Crippen LogP contribution in [0.4, 0.5) is 5.69 Å². The van der Waals surface area contributed by atoms with Crippen LogP contribution in [-0.4, -0.2) is 26.0 Å². The largest absolute Gasteiger partial charge is 0.499 e. The molecular weight excluding hydrogens is 318 g/mol. The third-order valence-corrected chi connectivity index (χ3v) is 5.03. The van der Waals surface area contributed by atoms with Gasteiger partial charge in [-0.05, 0) is 24.6 Å². The van der Waals surface area contributed by atoms with E-state index in [1.807, 2.05) is 18.2 Å². The molecule has 0 saturated heterocycles. The maximum absolute atomic E-state index is 11.3. The van der Waals surface area contributed by atoms with E-state index in [0.29, 0.717) is 5.57 Å². The molecule has 1 aliphatic carbocycles. The summed E-state index contributed by atoms with van der Waals surface area (Å²) in [6.45, 7) is 3.04. The Labute approximate surface area is 127 Å². The van der Waals surface area contributed by atoms with Gasteiger partial charge in [-0.2, -0.15) is 0 Å². The van der Waals surface area contributed by atoms with Crippen molar-refractivity contribution in [2.75, 3.05) is 18.6 Å². The van der Waals surface area contributed by atoms with Gasteiger partial charge in [-0.15, -0.1) is 0 Å². The van der Waals surface area contributed by atoms with Gasteiger partial charge in [0.05, 0.1) is 13.2 Å². The number of para-hydroxylation sites is 1. The molecule has 0 saturated carbocycles. The van der Waals surface area contributed by atoms with Crippen molar-refractivity contribution in [1.29, 1.82) is 0 Å². The quantitative estimate of drug-likeness (QED) is 0.794. The Hall–Kier alpha value is -1.55. The number of hydrogen-bond acceptors (Lipinski definition) is 3. The molecule has 0 aromatic heterocycles. The average Bonchev–Trinajstić information content (AvgIpc) is 2.82. The summed E-state index contributed by atoms with van der Waals surface area (Å²) in [5.74, 6) is 0.977. The van der Waals surface area contributed by atoms with Gasteiger partial charge in [0, 0.05) is 28.2 Å². The van der Waals surface area contributed by atoms with Crippen LogP contribution in [0.25, 0.3) is 0 Å². The maximum atomic E-state index is 11.3. The van der Waals surface area contributed by atoms with Gasteiger partial charge in [0.15, 0.2) is 6.29 Å². The van der Waals surface area contributed by atoms with Gasteiger partial charge in [-0.1, -0.05) is 34.1 Å². The number of fused-ring (bicyclic) bond motifs is 3. The first-order valence-corrected chi connectivity index (χ1v) is 7.48. The molecule has 2 aliphatic rings. The van der Waals surface area contributed by atoms with Crippen LogP contribution in [0.3, 0.4) is 0 Å². The predicted molar refractivity (Wildman–Crippen MR) is 83.1 cm³/mol. The summed E-state index contributed by atoms with van der Waals surface area (Å²) in [7, 11) is 1.67. The summed E-state index contributed by atoms with van der Waals surface area (Å²) in [6, 6.07) is 8.48. The molecule has 104 valence electrons. The number of carbonyl (C=O) groups is 1. The normalized spacial score (nSPS) is 24.1. The number of allylic oxidation sites excluding steroid dienone is 2. The van der Waals surface area contributed by atoms with Crippen molar-refractivity contribution >= 4 is 27.9 Å². The molecule has 4 heteroatoms. The van der Waals surface area contributed by atoms with Gasteiger partial charge < -0.3 is 9.64 Å². The van der Waals surface area contributed by atoms with Crippen molar-refractivity contribution in [2.24, 2.45) is 0 Å². The summed E-state index contributed by atoms with van der Waals surface area (Å²) in [6.07, 6.45) is 2.73. The topological polar surface area (TPSA) is 29.5 Å². The lowest BCUT2D eigenvalue weighted by Gasteiger charge is -2.33. The highest BCUT2D eigenvalue weighted by Gasteiger charge is 2.44. The maximum Gasteiger partial charge on any atom is 0.151 e. The molecule has 1 aromatic carbocycles. The second-order valence-electron chi connectivity index (χ2n) is 4.94. The number of aldehydes is 1. The molecule has 0 N–H and O–H groups in total. The van der Waals surface area contributed by atoms with E-state index >= 15 is 0 Å². The lowest BCUT2D eigenvalue weighted by molar-refractivity contribution is -0.104.